The lowest BCUT2D eigenvalue weighted by atomic mass is 10.0. The summed E-state index contributed by atoms with van der Waals surface area (Å²) in [7, 11) is 0. The van der Waals surface area contributed by atoms with Crippen LogP contribution in [0.1, 0.15) is 0 Å². The molecule has 0 aliphatic carbocycles. The van der Waals surface area contributed by atoms with Crippen molar-refractivity contribution in [2.75, 3.05) is 0 Å². The van der Waals surface area contributed by atoms with Crippen molar-refractivity contribution in [2.24, 2.45) is 0 Å². The molecule has 0 N–H and O–H groups in total. The van der Waals surface area contributed by atoms with Crippen LogP contribution in [0.4, 0.5) is 0 Å². The molecule has 13 aromatic rings. The standard InChI is InChI=1S/C53H30N4OS/c1-2-12-32-27-35(22-21-31(32)11-1)51-54-52(36-23-24-39-38-16-6-9-19-46(38)58-47(39)30-36)56-53(55-51)42-26-25-41-40-17-7-10-20-48(40)59-50(41)49(42)57-44-18-8-5-15-37(44)43-28-33-13-3-4-14-34(33)29-45(43)57/h1-30H. The minimum absolute atomic E-state index is 0.580. The maximum Gasteiger partial charge on any atom is 0.166 e. The highest BCUT2D eigenvalue weighted by Crippen LogP contribution is 2.45. The Morgan fingerprint density at radius 1 is 0.390 bits per heavy atom. The lowest BCUT2D eigenvalue weighted by Crippen LogP contribution is -2.04. The average molecular weight is 771 g/mol. The molecule has 59 heavy (non-hydrogen) atoms. The number of para-hydroxylation sites is 2. The summed E-state index contributed by atoms with van der Waals surface area (Å²) in [6, 6.07) is 64.5. The third-order valence-electron chi connectivity index (χ3n) is 11.8. The number of hydrogen-bond donors (Lipinski definition) is 0. The zero-order chi connectivity index (χ0) is 38.6. The van der Waals surface area contributed by atoms with Gasteiger partial charge in [-0.1, -0.05) is 127 Å². The Kier molecular flexibility index (Phi) is 6.82. The number of benzene rings is 9. The van der Waals surface area contributed by atoms with Gasteiger partial charge in [-0.3, -0.25) is 0 Å². The fourth-order valence-corrected chi connectivity index (χ4v) is 10.3. The monoisotopic (exact) mass is 770 g/mol. The third-order valence-corrected chi connectivity index (χ3v) is 13.0. The smallest absolute Gasteiger partial charge is 0.166 e. The predicted octanol–water partition coefficient (Wildman–Crippen LogP) is 14.5. The van der Waals surface area contributed by atoms with E-state index in [4.69, 9.17) is 19.4 Å². The summed E-state index contributed by atoms with van der Waals surface area (Å²) in [6.07, 6.45) is 0. The fraction of sp³-hybridized carbons (Fsp3) is 0. The van der Waals surface area contributed by atoms with E-state index in [1.807, 2.05) is 29.5 Å². The Labute approximate surface area is 341 Å². The lowest BCUT2D eigenvalue weighted by Gasteiger charge is -2.16. The van der Waals surface area contributed by atoms with E-state index in [0.29, 0.717) is 17.5 Å². The summed E-state index contributed by atoms with van der Waals surface area (Å²) < 4.78 is 11.2. The lowest BCUT2D eigenvalue weighted by molar-refractivity contribution is 0.669. The van der Waals surface area contributed by atoms with E-state index in [0.717, 1.165) is 66.1 Å². The number of rotatable bonds is 4. The van der Waals surface area contributed by atoms with Crippen LogP contribution in [0.25, 0.3) is 125 Å². The first-order valence-corrected chi connectivity index (χ1v) is 20.6. The first kappa shape index (κ1) is 32.4. The average Bonchev–Trinajstić information content (AvgIpc) is 3.97. The Bertz CT molecular complexity index is 3870. The number of nitrogens with zero attached hydrogens (tertiary/aromatic N) is 4. The van der Waals surface area contributed by atoms with Gasteiger partial charge in [0.05, 0.1) is 21.4 Å². The van der Waals surface area contributed by atoms with Crippen LogP contribution in [-0.4, -0.2) is 19.5 Å². The van der Waals surface area contributed by atoms with Gasteiger partial charge < -0.3 is 8.98 Å². The number of aromatic nitrogens is 4. The van der Waals surface area contributed by atoms with Gasteiger partial charge in [-0.2, -0.15) is 0 Å². The molecule has 4 aromatic heterocycles. The van der Waals surface area contributed by atoms with E-state index < -0.39 is 0 Å². The van der Waals surface area contributed by atoms with Crippen LogP contribution >= 0.6 is 11.3 Å². The van der Waals surface area contributed by atoms with Crippen LogP contribution in [0.5, 0.6) is 0 Å². The molecule has 0 atom stereocenters. The molecular formula is C53H30N4OS. The summed E-state index contributed by atoms with van der Waals surface area (Å²) in [5, 5.41) is 11.7. The predicted molar refractivity (Wildman–Crippen MR) is 246 cm³/mol. The molecule has 6 heteroatoms. The van der Waals surface area contributed by atoms with Gasteiger partial charge in [0.25, 0.3) is 0 Å². The Balaban J connectivity index is 1.14. The molecule has 0 amide bonds. The first-order valence-electron chi connectivity index (χ1n) is 19.8. The van der Waals surface area contributed by atoms with Gasteiger partial charge in [0.15, 0.2) is 17.5 Å². The van der Waals surface area contributed by atoms with Gasteiger partial charge in [-0.25, -0.2) is 15.0 Å². The quantitative estimate of drug-likeness (QED) is 0.179. The van der Waals surface area contributed by atoms with Crippen molar-refractivity contribution in [3.8, 4) is 39.9 Å². The van der Waals surface area contributed by atoms with E-state index in [1.54, 1.807) is 0 Å². The molecular weight excluding hydrogens is 741 g/mol. The minimum atomic E-state index is 0.580. The van der Waals surface area contributed by atoms with Crippen LogP contribution in [0.3, 0.4) is 0 Å². The highest BCUT2D eigenvalue weighted by atomic mass is 32.1. The highest BCUT2D eigenvalue weighted by Gasteiger charge is 2.24. The molecule has 0 saturated carbocycles. The second-order valence-electron chi connectivity index (χ2n) is 15.2. The van der Waals surface area contributed by atoms with E-state index in [9.17, 15) is 0 Å². The molecule has 0 saturated heterocycles. The number of hydrogen-bond acceptors (Lipinski definition) is 5. The molecule has 0 fully saturated rings. The Morgan fingerprint density at radius 3 is 1.85 bits per heavy atom. The Morgan fingerprint density at radius 2 is 1.00 bits per heavy atom. The zero-order valence-electron chi connectivity index (χ0n) is 31.4. The van der Waals surface area contributed by atoms with Crippen molar-refractivity contribution >= 4 is 96.8 Å². The molecule has 0 bridgehead atoms. The Hall–Kier alpha value is -7.67. The van der Waals surface area contributed by atoms with E-state index >= 15 is 0 Å². The zero-order valence-corrected chi connectivity index (χ0v) is 32.2. The molecule has 0 radical (unpaired) electrons. The maximum absolute atomic E-state index is 6.38. The summed E-state index contributed by atoms with van der Waals surface area (Å²) in [5.41, 5.74) is 7.67. The molecule has 9 aromatic carbocycles. The van der Waals surface area contributed by atoms with Gasteiger partial charge in [0, 0.05) is 53.7 Å². The summed E-state index contributed by atoms with van der Waals surface area (Å²) in [4.78, 5) is 16.0. The summed E-state index contributed by atoms with van der Waals surface area (Å²) >= 11 is 1.82. The van der Waals surface area contributed by atoms with E-state index in [1.165, 1.54) is 41.7 Å². The third kappa shape index (κ3) is 4.94. The molecule has 0 unspecified atom stereocenters. The van der Waals surface area contributed by atoms with Crippen LogP contribution in [0.15, 0.2) is 186 Å². The topological polar surface area (TPSA) is 56.7 Å². The number of thiophene rings is 1. The molecule has 0 spiro atoms. The van der Waals surface area contributed by atoms with Gasteiger partial charge >= 0.3 is 0 Å². The minimum Gasteiger partial charge on any atom is -0.456 e. The van der Waals surface area contributed by atoms with E-state index in [-0.39, 0.29) is 0 Å². The SMILES string of the molecule is c1ccc2cc(-c3nc(-c4ccc5c(c4)oc4ccccc45)nc(-c4ccc5c(sc6ccccc65)c4-n4c5ccccc5c5cc6ccccc6cc54)n3)ccc2c1. The molecule has 4 heterocycles. The number of fused-ring (bicyclic) bond motifs is 11. The second kappa shape index (κ2) is 12.4. The van der Waals surface area contributed by atoms with Crippen molar-refractivity contribution in [1.29, 1.82) is 0 Å². The fourth-order valence-electron chi connectivity index (χ4n) is 9.02. The summed E-state index contributed by atoms with van der Waals surface area (Å²) in [6.45, 7) is 0. The van der Waals surface area contributed by atoms with Gasteiger partial charge in [-0.15, -0.1) is 11.3 Å². The summed E-state index contributed by atoms with van der Waals surface area (Å²) in [5.74, 6) is 1.79. The van der Waals surface area contributed by atoms with Crippen molar-refractivity contribution < 1.29 is 4.42 Å². The number of furan rings is 1. The second-order valence-corrected chi connectivity index (χ2v) is 16.2. The molecule has 0 aliphatic rings. The largest absolute Gasteiger partial charge is 0.456 e. The molecule has 274 valence electrons. The molecule has 13 rings (SSSR count). The van der Waals surface area contributed by atoms with Crippen molar-refractivity contribution in [3.05, 3.63) is 182 Å². The van der Waals surface area contributed by atoms with Crippen molar-refractivity contribution in [2.45, 2.75) is 0 Å². The normalized spacial score (nSPS) is 12.1. The van der Waals surface area contributed by atoms with E-state index in [2.05, 4.69) is 168 Å². The molecule has 0 aliphatic heterocycles. The maximum atomic E-state index is 6.38. The van der Waals surface area contributed by atoms with Crippen LogP contribution < -0.4 is 0 Å². The first-order chi connectivity index (χ1) is 29.2. The van der Waals surface area contributed by atoms with Crippen LogP contribution in [0.2, 0.25) is 0 Å². The van der Waals surface area contributed by atoms with Crippen LogP contribution in [-0.2, 0) is 0 Å². The van der Waals surface area contributed by atoms with Crippen molar-refractivity contribution in [1.82, 2.24) is 19.5 Å². The molecule has 5 nitrogen and oxygen atoms in total. The van der Waals surface area contributed by atoms with Gasteiger partial charge in [0.2, 0.25) is 0 Å². The van der Waals surface area contributed by atoms with Crippen LogP contribution in [0, 0.1) is 0 Å². The highest BCUT2D eigenvalue weighted by molar-refractivity contribution is 7.26. The van der Waals surface area contributed by atoms with Crippen molar-refractivity contribution in [3.63, 3.8) is 0 Å². The van der Waals surface area contributed by atoms with Gasteiger partial charge in [0.1, 0.15) is 11.2 Å². The van der Waals surface area contributed by atoms with Gasteiger partial charge in [-0.05, 0) is 76.1 Å².